The van der Waals surface area contributed by atoms with Gasteiger partial charge in [0.1, 0.15) is 5.82 Å². The molecule has 1 aliphatic rings. The van der Waals surface area contributed by atoms with Crippen LogP contribution in [0.2, 0.25) is 0 Å². The van der Waals surface area contributed by atoms with E-state index in [9.17, 15) is 12.8 Å². The van der Waals surface area contributed by atoms with E-state index in [1.165, 1.54) is 12.1 Å². The highest BCUT2D eigenvalue weighted by Gasteiger charge is 2.18. The van der Waals surface area contributed by atoms with E-state index < -0.39 is 15.7 Å². The van der Waals surface area contributed by atoms with Gasteiger partial charge >= 0.3 is 0 Å². The highest BCUT2D eigenvalue weighted by atomic mass is 32.2. The van der Waals surface area contributed by atoms with Gasteiger partial charge < -0.3 is 10.1 Å². The maximum Gasteiger partial charge on any atom is 0.175 e. The minimum atomic E-state index is -3.36. The SMILES string of the molecule is CS(=O)(=O)c1ccc(COC2CNC2)c(F)c1. The van der Waals surface area contributed by atoms with Crippen LogP contribution in [-0.2, 0) is 21.2 Å². The smallest absolute Gasteiger partial charge is 0.175 e. The van der Waals surface area contributed by atoms with Crippen LogP contribution in [0.15, 0.2) is 23.1 Å². The molecular formula is C11H14FNO3S. The molecule has 2 rings (SSSR count). The number of benzene rings is 1. The molecule has 0 unspecified atom stereocenters. The third-order valence-electron chi connectivity index (χ3n) is 2.67. The fourth-order valence-electron chi connectivity index (χ4n) is 1.46. The molecule has 0 atom stereocenters. The van der Waals surface area contributed by atoms with E-state index in [1.54, 1.807) is 0 Å². The summed E-state index contributed by atoms with van der Waals surface area (Å²) in [5.41, 5.74) is 0.379. The molecule has 1 N–H and O–H groups in total. The molecule has 6 heteroatoms. The average molecular weight is 259 g/mol. The molecule has 0 radical (unpaired) electrons. The summed E-state index contributed by atoms with van der Waals surface area (Å²) in [4.78, 5) is -0.0101. The Hall–Kier alpha value is -0.980. The Morgan fingerprint density at radius 3 is 2.65 bits per heavy atom. The van der Waals surface area contributed by atoms with Crippen LogP contribution in [0.5, 0.6) is 0 Å². The van der Waals surface area contributed by atoms with E-state index in [1.807, 2.05) is 0 Å². The second-order valence-electron chi connectivity index (χ2n) is 4.12. The Bertz CT molecular complexity index is 511. The summed E-state index contributed by atoms with van der Waals surface area (Å²) in [7, 11) is -3.36. The van der Waals surface area contributed by atoms with Crippen LogP contribution in [0.4, 0.5) is 4.39 Å². The first-order chi connectivity index (χ1) is 7.97. The van der Waals surface area contributed by atoms with Crippen molar-refractivity contribution < 1.29 is 17.5 Å². The Balaban J connectivity index is 2.08. The van der Waals surface area contributed by atoms with Gasteiger partial charge in [-0.3, -0.25) is 0 Å². The third-order valence-corrected chi connectivity index (χ3v) is 3.78. The topological polar surface area (TPSA) is 55.4 Å². The summed E-state index contributed by atoms with van der Waals surface area (Å²) in [5, 5.41) is 3.04. The van der Waals surface area contributed by atoms with Gasteiger partial charge in [-0.25, -0.2) is 12.8 Å². The second-order valence-corrected chi connectivity index (χ2v) is 6.13. The van der Waals surface area contributed by atoms with Gasteiger partial charge in [0.25, 0.3) is 0 Å². The quantitative estimate of drug-likeness (QED) is 0.865. The average Bonchev–Trinajstić information content (AvgIpc) is 2.16. The first-order valence-electron chi connectivity index (χ1n) is 5.27. The van der Waals surface area contributed by atoms with Crippen molar-refractivity contribution in [1.82, 2.24) is 5.32 Å². The summed E-state index contributed by atoms with van der Waals surface area (Å²) in [5.74, 6) is -0.541. The molecule has 1 fully saturated rings. The molecule has 1 aromatic rings. The molecule has 17 heavy (non-hydrogen) atoms. The summed E-state index contributed by atoms with van der Waals surface area (Å²) >= 11 is 0. The van der Waals surface area contributed by atoms with E-state index >= 15 is 0 Å². The van der Waals surface area contributed by atoms with Crippen molar-refractivity contribution in [3.8, 4) is 0 Å². The lowest BCUT2D eigenvalue weighted by molar-refractivity contribution is 0.00635. The molecule has 0 aromatic heterocycles. The van der Waals surface area contributed by atoms with Gasteiger partial charge in [-0.2, -0.15) is 0 Å². The minimum absolute atomic E-state index is 0.0101. The lowest BCUT2D eigenvalue weighted by Gasteiger charge is -2.27. The van der Waals surface area contributed by atoms with Crippen molar-refractivity contribution in [3.63, 3.8) is 0 Å². The largest absolute Gasteiger partial charge is 0.371 e. The maximum atomic E-state index is 13.6. The molecule has 0 spiro atoms. The monoisotopic (exact) mass is 259 g/mol. The first-order valence-corrected chi connectivity index (χ1v) is 7.17. The zero-order valence-corrected chi connectivity index (χ0v) is 10.3. The molecule has 0 saturated carbocycles. The fourth-order valence-corrected chi connectivity index (χ4v) is 2.10. The molecule has 1 heterocycles. The number of ether oxygens (including phenoxy) is 1. The molecule has 0 aliphatic carbocycles. The van der Waals surface area contributed by atoms with Crippen LogP contribution < -0.4 is 5.32 Å². The zero-order valence-electron chi connectivity index (χ0n) is 9.44. The van der Waals surface area contributed by atoms with Crippen molar-refractivity contribution in [3.05, 3.63) is 29.6 Å². The van der Waals surface area contributed by atoms with Crippen LogP contribution in [0.1, 0.15) is 5.56 Å². The van der Waals surface area contributed by atoms with Crippen LogP contribution >= 0.6 is 0 Å². The molecule has 0 amide bonds. The third kappa shape index (κ3) is 3.02. The summed E-state index contributed by atoms with van der Waals surface area (Å²) in [6.07, 6.45) is 1.18. The molecule has 94 valence electrons. The van der Waals surface area contributed by atoms with Crippen LogP contribution in [0.25, 0.3) is 0 Å². The molecular weight excluding hydrogens is 245 g/mol. The second kappa shape index (κ2) is 4.72. The molecule has 1 aliphatic heterocycles. The molecule has 1 saturated heterocycles. The Kier molecular flexibility index (Phi) is 3.46. The number of hydrogen-bond donors (Lipinski definition) is 1. The van der Waals surface area contributed by atoms with E-state index in [0.717, 1.165) is 25.4 Å². The minimum Gasteiger partial charge on any atom is -0.371 e. The number of halogens is 1. The number of nitrogens with one attached hydrogen (secondary N) is 1. The number of hydrogen-bond acceptors (Lipinski definition) is 4. The van der Waals surface area contributed by atoms with E-state index in [2.05, 4.69) is 5.32 Å². The molecule has 0 bridgehead atoms. The predicted octanol–water partition coefficient (Wildman–Crippen LogP) is 0.718. The van der Waals surface area contributed by atoms with Gasteiger partial charge in [-0.05, 0) is 12.1 Å². The standard InChI is InChI=1S/C11H14FNO3S/c1-17(14,15)10-3-2-8(11(12)4-10)7-16-9-5-13-6-9/h2-4,9,13H,5-7H2,1H3. The van der Waals surface area contributed by atoms with Crippen LogP contribution in [0.3, 0.4) is 0 Å². The normalized spacial score (nSPS) is 16.8. The highest BCUT2D eigenvalue weighted by Crippen LogP contribution is 2.16. The van der Waals surface area contributed by atoms with Crippen molar-refractivity contribution in [2.45, 2.75) is 17.6 Å². The van der Waals surface area contributed by atoms with Crippen LogP contribution in [-0.4, -0.2) is 33.9 Å². The summed E-state index contributed by atoms with van der Waals surface area (Å²) in [6, 6.07) is 3.89. The lowest BCUT2D eigenvalue weighted by atomic mass is 10.2. The first kappa shape index (κ1) is 12.5. The molecule has 4 nitrogen and oxygen atoms in total. The summed E-state index contributed by atoms with van der Waals surface area (Å²) < 4.78 is 41.4. The van der Waals surface area contributed by atoms with Gasteiger partial charge in [0.15, 0.2) is 9.84 Å². The van der Waals surface area contributed by atoms with Gasteiger partial charge in [0.2, 0.25) is 0 Å². The van der Waals surface area contributed by atoms with Crippen molar-refractivity contribution in [2.24, 2.45) is 0 Å². The fraction of sp³-hybridized carbons (Fsp3) is 0.455. The molecule has 1 aromatic carbocycles. The zero-order chi connectivity index (χ0) is 12.5. The van der Waals surface area contributed by atoms with Gasteiger partial charge in [-0.1, -0.05) is 6.07 Å². The number of sulfone groups is 1. The summed E-state index contributed by atoms with van der Waals surface area (Å²) in [6.45, 7) is 1.73. The van der Waals surface area contributed by atoms with Gasteiger partial charge in [-0.15, -0.1) is 0 Å². The van der Waals surface area contributed by atoms with E-state index in [4.69, 9.17) is 4.74 Å². The Labute approximate surface area is 99.7 Å². The Morgan fingerprint density at radius 1 is 1.47 bits per heavy atom. The number of rotatable bonds is 4. The Morgan fingerprint density at radius 2 is 2.18 bits per heavy atom. The van der Waals surface area contributed by atoms with E-state index in [-0.39, 0.29) is 17.6 Å². The van der Waals surface area contributed by atoms with E-state index in [0.29, 0.717) is 5.56 Å². The van der Waals surface area contributed by atoms with Gasteiger partial charge in [0.05, 0.1) is 17.6 Å². The van der Waals surface area contributed by atoms with Crippen LogP contribution in [0, 0.1) is 5.82 Å². The van der Waals surface area contributed by atoms with Crippen molar-refractivity contribution in [1.29, 1.82) is 0 Å². The maximum absolute atomic E-state index is 13.6. The lowest BCUT2D eigenvalue weighted by Crippen LogP contribution is -2.48. The van der Waals surface area contributed by atoms with Gasteiger partial charge in [0, 0.05) is 24.9 Å². The van der Waals surface area contributed by atoms with Crippen molar-refractivity contribution >= 4 is 9.84 Å². The predicted molar refractivity (Wildman–Crippen MR) is 61.0 cm³/mol. The highest BCUT2D eigenvalue weighted by molar-refractivity contribution is 7.90. The van der Waals surface area contributed by atoms with Crippen molar-refractivity contribution in [2.75, 3.05) is 19.3 Å².